The number of anilines is 1. The van der Waals surface area contributed by atoms with Crippen LogP contribution in [-0.4, -0.2) is 36.1 Å². The van der Waals surface area contributed by atoms with E-state index in [0.29, 0.717) is 5.13 Å². The highest BCUT2D eigenvalue weighted by Crippen LogP contribution is 2.28. The fraction of sp³-hybridized carbons (Fsp3) is 0.190. The minimum atomic E-state index is -0.578. The third kappa shape index (κ3) is 3.67. The van der Waals surface area contributed by atoms with Crippen molar-refractivity contribution in [1.82, 2.24) is 23.7 Å². The highest BCUT2D eigenvalue weighted by atomic mass is 35.5. The first kappa shape index (κ1) is 21.7. The standard InChI is InChI=1S/C21H19ClN6O3S/c1-4-10-27(20-23-14(12-32-20)13-8-6-5-7-9-13)15(29)11-28-16-17(24-19(28)22)25(2)21(31)26(3)18(16)30/h4-9,12H,1,10-11H2,2-3H3. The number of carbonyl (C=O) groups excluding carboxylic acids is 1. The molecular formula is C21H19ClN6O3S. The second kappa shape index (κ2) is 8.56. The van der Waals surface area contributed by atoms with E-state index in [1.807, 2.05) is 35.7 Å². The molecule has 0 N–H and O–H groups in total. The molecule has 0 aliphatic rings. The molecule has 4 aromatic rings. The van der Waals surface area contributed by atoms with Gasteiger partial charge in [-0.25, -0.2) is 9.78 Å². The normalized spacial score (nSPS) is 11.1. The molecule has 32 heavy (non-hydrogen) atoms. The number of aryl methyl sites for hydroxylation is 1. The Bertz CT molecular complexity index is 1450. The molecular weight excluding hydrogens is 452 g/mol. The fourth-order valence-electron chi connectivity index (χ4n) is 3.33. The second-order valence-electron chi connectivity index (χ2n) is 7.02. The van der Waals surface area contributed by atoms with E-state index in [4.69, 9.17) is 11.6 Å². The average Bonchev–Trinajstić information content (AvgIpc) is 3.40. The molecule has 4 rings (SSSR count). The topological polar surface area (TPSA) is 95.0 Å². The summed E-state index contributed by atoms with van der Waals surface area (Å²) in [5.41, 5.74) is 0.782. The molecule has 3 heterocycles. The molecule has 9 nitrogen and oxygen atoms in total. The van der Waals surface area contributed by atoms with Crippen LogP contribution in [0.4, 0.5) is 5.13 Å². The van der Waals surface area contributed by atoms with E-state index < -0.39 is 11.2 Å². The first-order valence-corrected chi connectivity index (χ1v) is 10.8. The van der Waals surface area contributed by atoms with Gasteiger partial charge in [0.25, 0.3) is 5.56 Å². The number of fused-ring (bicyclic) bond motifs is 1. The molecule has 0 saturated carbocycles. The van der Waals surface area contributed by atoms with E-state index in [0.717, 1.165) is 15.8 Å². The number of imidazole rings is 1. The summed E-state index contributed by atoms with van der Waals surface area (Å²) < 4.78 is 3.48. The van der Waals surface area contributed by atoms with Crippen molar-refractivity contribution in [3.63, 3.8) is 0 Å². The van der Waals surface area contributed by atoms with Crippen LogP contribution in [0.25, 0.3) is 22.4 Å². The van der Waals surface area contributed by atoms with Crippen LogP contribution >= 0.6 is 22.9 Å². The number of amides is 1. The minimum Gasteiger partial charge on any atom is -0.299 e. The van der Waals surface area contributed by atoms with E-state index in [-0.39, 0.29) is 35.4 Å². The van der Waals surface area contributed by atoms with Crippen molar-refractivity contribution in [2.75, 3.05) is 11.4 Å². The quantitative estimate of drug-likeness (QED) is 0.318. The highest BCUT2D eigenvalue weighted by Gasteiger charge is 2.24. The molecule has 0 spiro atoms. The summed E-state index contributed by atoms with van der Waals surface area (Å²) in [5.74, 6) is -0.351. The lowest BCUT2D eigenvalue weighted by Gasteiger charge is -2.18. The molecule has 3 aromatic heterocycles. The maximum Gasteiger partial charge on any atom is 0.332 e. The molecule has 0 aliphatic heterocycles. The maximum atomic E-state index is 13.3. The zero-order valence-corrected chi connectivity index (χ0v) is 18.9. The van der Waals surface area contributed by atoms with Gasteiger partial charge in [0, 0.05) is 31.6 Å². The van der Waals surface area contributed by atoms with E-state index in [1.54, 1.807) is 6.08 Å². The first-order valence-electron chi connectivity index (χ1n) is 9.57. The van der Waals surface area contributed by atoms with Gasteiger partial charge in [0.15, 0.2) is 16.3 Å². The Labute approximate surface area is 191 Å². The van der Waals surface area contributed by atoms with E-state index in [9.17, 15) is 14.4 Å². The summed E-state index contributed by atoms with van der Waals surface area (Å²) in [7, 11) is 2.85. The van der Waals surface area contributed by atoms with E-state index in [2.05, 4.69) is 16.5 Å². The zero-order valence-electron chi connectivity index (χ0n) is 17.4. The van der Waals surface area contributed by atoms with E-state index >= 15 is 0 Å². The lowest BCUT2D eigenvalue weighted by molar-refractivity contribution is -0.119. The SMILES string of the molecule is C=CCN(C(=O)Cn1c(Cl)nc2c1c(=O)n(C)c(=O)n2C)c1nc(-c2ccccc2)cs1. The van der Waals surface area contributed by atoms with Gasteiger partial charge in [-0.15, -0.1) is 17.9 Å². The zero-order chi connectivity index (χ0) is 23.0. The van der Waals surface area contributed by atoms with Gasteiger partial charge in [0.2, 0.25) is 11.2 Å². The number of rotatable bonds is 6. The van der Waals surface area contributed by atoms with Crippen LogP contribution < -0.4 is 16.1 Å². The number of thiazole rings is 1. The number of nitrogens with zero attached hydrogens (tertiary/aromatic N) is 6. The van der Waals surface area contributed by atoms with Gasteiger partial charge in [-0.2, -0.15) is 4.98 Å². The van der Waals surface area contributed by atoms with Gasteiger partial charge in [-0.1, -0.05) is 36.4 Å². The van der Waals surface area contributed by atoms with Gasteiger partial charge >= 0.3 is 5.69 Å². The Kier molecular flexibility index (Phi) is 5.81. The van der Waals surface area contributed by atoms with Crippen molar-refractivity contribution in [2.45, 2.75) is 6.54 Å². The Hall–Kier alpha value is -3.50. The second-order valence-corrected chi connectivity index (χ2v) is 8.19. The Balaban J connectivity index is 1.72. The number of hydrogen-bond acceptors (Lipinski definition) is 6. The van der Waals surface area contributed by atoms with Crippen molar-refractivity contribution in [1.29, 1.82) is 0 Å². The molecule has 0 bridgehead atoms. The molecule has 11 heteroatoms. The summed E-state index contributed by atoms with van der Waals surface area (Å²) in [4.78, 5) is 48.4. The molecule has 164 valence electrons. The van der Waals surface area contributed by atoms with Crippen molar-refractivity contribution in [3.05, 3.63) is 74.5 Å². The fourth-order valence-corrected chi connectivity index (χ4v) is 4.42. The van der Waals surface area contributed by atoms with Gasteiger partial charge in [-0.3, -0.25) is 28.2 Å². The number of hydrogen-bond donors (Lipinski definition) is 0. The smallest absolute Gasteiger partial charge is 0.299 e. The largest absolute Gasteiger partial charge is 0.332 e. The van der Waals surface area contributed by atoms with Crippen LogP contribution in [0, 0.1) is 0 Å². The summed E-state index contributed by atoms with van der Waals surface area (Å²) >= 11 is 7.58. The highest BCUT2D eigenvalue weighted by molar-refractivity contribution is 7.14. The number of aromatic nitrogens is 5. The molecule has 1 aromatic carbocycles. The number of carbonyl (C=O) groups is 1. The van der Waals surface area contributed by atoms with Crippen molar-refractivity contribution < 1.29 is 4.79 Å². The first-order chi connectivity index (χ1) is 15.3. The predicted octanol–water partition coefficient (Wildman–Crippen LogP) is 2.43. The monoisotopic (exact) mass is 470 g/mol. The molecule has 1 amide bonds. The lowest BCUT2D eigenvalue weighted by atomic mass is 10.2. The van der Waals surface area contributed by atoms with E-state index in [1.165, 1.54) is 39.5 Å². The van der Waals surface area contributed by atoms with Crippen LogP contribution in [0.3, 0.4) is 0 Å². The summed E-state index contributed by atoms with van der Waals surface area (Å²) in [6.07, 6.45) is 1.60. The van der Waals surface area contributed by atoms with Crippen molar-refractivity contribution in [2.24, 2.45) is 14.1 Å². The van der Waals surface area contributed by atoms with Gasteiger partial charge in [-0.05, 0) is 11.6 Å². The Morgan fingerprint density at radius 2 is 1.91 bits per heavy atom. The van der Waals surface area contributed by atoms with Crippen LogP contribution in [0.1, 0.15) is 0 Å². The molecule has 0 saturated heterocycles. The molecule has 0 aliphatic carbocycles. The van der Waals surface area contributed by atoms with Crippen LogP contribution in [0.15, 0.2) is 58.0 Å². The van der Waals surface area contributed by atoms with Crippen LogP contribution in [-0.2, 0) is 25.4 Å². The summed E-state index contributed by atoms with van der Waals surface area (Å²) in [6, 6.07) is 9.64. The van der Waals surface area contributed by atoms with Crippen molar-refractivity contribution in [3.8, 4) is 11.3 Å². The third-order valence-electron chi connectivity index (χ3n) is 5.00. The average molecular weight is 471 g/mol. The summed E-state index contributed by atoms with van der Waals surface area (Å²) in [6.45, 7) is 3.70. The van der Waals surface area contributed by atoms with Gasteiger partial charge < -0.3 is 0 Å². The Morgan fingerprint density at radius 3 is 2.59 bits per heavy atom. The third-order valence-corrected chi connectivity index (χ3v) is 6.15. The van der Waals surface area contributed by atoms with Gasteiger partial charge in [0.05, 0.1) is 5.69 Å². The maximum absolute atomic E-state index is 13.3. The number of benzene rings is 1. The predicted molar refractivity (Wildman–Crippen MR) is 125 cm³/mol. The number of halogens is 1. The van der Waals surface area contributed by atoms with Gasteiger partial charge in [0.1, 0.15) is 6.54 Å². The molecule has 0 unspecified atom stereocenters. The molecule has 0 fully saturated rings. The molecule has 0 atom stereocenters. The van der Waals surface area contributed by atoms with Crippen LogP contribution in [0.2, 0.25) is 5.28 Å². The molecule has 0 radical (unpaired) electrons. The lowest BCUT2D eigenvalue weighted by Crippen LogP contribution is -2.38. The summed E-state index contributed by atoms with van der Waals surface area (Å²) in [5, 5.41) is 2.31. The van der Waals surface area contributed by atoms with Crippen LogP contribution in [0.5, 0.6) is 0 Å². The minimum absolute atomic E-state index is 0.0608. The van der Waals surface area contributed by atoms with Crippen molar-refractivity contribution >= 4 is 45.1 Å². The Morgan fingerprint density at radius 1 is 1.19 bits per heavy atom.